The van der Waals surface area contributed by atoms with Gasteiger partial charge in [0.1, 0.15) is 0 Å². The molecule has 2 unspecified atom stereocenters. The largest absolute Gasteiger partial charge is 0.381 e. The molecule has 1 heteroatoms. The number of fused-ring (bicyclic) bond motifs is 3. The fourth-order valence-corrected chi connectivity index (χ4v) is 2.73. The summed E-state index contributed by atoms with van der Waals surface area (Å²) in [7, 11) is 0. The third-order valence-corrected chi connectivity index (χ3v) is 3.44. The summed E-state index contributed by atoms with van der Waals surface area (Å²) in [5.74, 6) is 1.57. The van der Waals surface area contributed by atoms with Gasteiger partial charge in [-0.2, -0.15) is 0 Å². The highest BCUT2D eigenvalue weighted by Crippen LogP contribution is 2.41. The van der Waals surface area contributed by atoms with Crippen LogP contribution in [0.4, 0.5) is 0 Å². The molecule has 0 bridgehead atoms. The Hall–Kier alpha value is -0.820. The minimum atomic E-state index is 0.699. The standard InChI is InChI=1S/C12H14O/c1-2-4-11-9(3-1)7-10-5-6-13-8-12(10)11/h1-4,10,12H,5-8H2. The summed E-state index contributed by atoms with van der Waals surface area (Å²) >= 11 is 0. The third-order valence-electron chi connectivity index (χ3n) is 3.44. The SMILES string of the molecule is c1ccc2c(c1)CC1CCOCC21. The van der Waals surface area contributed by atoms with E-state index in [1.807, 2.05) is 0 Å². The van der Waals surface area contributed by atoms with E-state index < -0.39 is 0 Å². The van der Waals surface area contributed by atoms with E-state index in [0.717, 1.165) is 19.1 Å². The van der Waals surface area contributed by atoms with E-state index in [9.17, 15) is 0 Å². The van der Waals surface area contributed by atoms with Crippen molar-refractivity contribution in [2.24, 2.45) is 5.92 Å². The maximum atomic E-state index is 5.54. The van der Waals surface area contributed by atoms with Crippen molar-refractivity contribution in [1.29, 1.82) is 0 Å². The number of benzene rings is 1. The van der Waals surface area contributed by atoms with E-state index in [4.69, 9.17) is 4.74 Å². The summed E-state index contributed by atoms with van der Waals surface area (Å²) in [6.45, 7) is 1.91. The van der Waals surface area contributed by atoms with Crippen LogP contribution in [-0.2, 0) is 11.2 Å². The molecule has 68 valence electrons. The molecule has 0 aromatic heterocycles. The van der Waals surface area contributed by atoms with E-state index in [0.29, 0.717) is 5.92 Å². The fourth-order valence-electron chi connectivity index (χ4n) is 2.73. The van der Waals surface area contributed by atoms with Crippen molar-refractivity contribution in [2.75, 3.05) is 13.2 Å². The van der Waals surface area contributed by atoms with E-state index in [1.165, 1.54) is 12.8 Å². The van der Waals surface area contributed by atoms with Crippen LogP contribution in [0.5, 0.6) is 0 Å². The van der Waals surface area contributed by atoms with Crippen LogP contribution < -0.4 is 0 Å². The minimum absolute atomic E-state index is 0.699. The second-order valence-electron chi connectivity index (χ2n) is 4.13. The minimum Gasteiger partial charge on any atom is -0.381 e. The number of ether oxygens (including phenoxy) is 1. The highest BCUT2D eigenvalue weighted by atomic mass is 16.5. The first-order valence-electron chi connectivity index (χ1n) is 5.11. The van der Waals surface area contributed by atoms with Crippen LogP contribution in [0.1, 0.15) is 23.5 Å². The molecule has 2 aliphatic rings. The van der Waals surface area contributed by atoms with Gasteiger partial charge in [0.15, 0.2) is 0 Å². The van der Waals surface area contributed by atoms with Crippen LogP contribution in [0.25, 0.3) is 0 Å². The van der Waals surface area contributed by atoms with Gasteiger partial charge in [0.05, 0.1) is 6.61 Å². The topological polar surface area (TPSA) is 9.23 Å². The molecular weight excluding hydrogens is 160 g/mol. The van der Waals surface area contributed by atoms with Gasteiger partial charge in [-0.1, -0.05) is 24.3 Å². The van der Waals surface area contributed by atoms with Crippen molar-refractivity contribution in [2.45, 2.75) is 18.8 Å². The Morgan fingerprint density at radius 1 is 1.23 bits per heavy atom. The normalized spacial score (nSPS) is 31.1. The zero-order valence-corrected chi connectivity index (χ0v) is 7.70. The van der Waals surface area contributed by atoms with Gasteiger partial charge in [0.2, 0.25) is 0 Å². The molecule has 1 nitrogen and oxygen atoms in total. The third kappa shape index (κ3) is 1.11. The van der Waals surface area contributed by atoms with Crippen LogP contribution in [0, 0.1) is 5.92 Å². The van der Waals surface area contributed by atoms with Crippen molar-refractivity contribution >= 4 is 0 Å². The van der Waals surface area contributed by atoms with Gasteiger partial charge in [-0.25, -0.2) is 0 Å². The van der Waals surface area contributed by atoms with Crippen LogP contribution in [-0.4, -0.2) is 13.2 Å². The first kappa shape index (κ1) is 7.57. The van der Waals surface area contributed by atoms with Gasteiger partial charge in [-0.15, -0.1) is 0 Å². The summed E-state index contributed by atoms with van der Waals surface area (Å²) in [5.41, 5.74) is 3.11. The predicted octanol–water partition coefficient (Wildman–Crippen LogP) is 2.36. The zero-order valence-electron chi connectivity index (χ0n) is 7.70. The molecule has 2 atom stereocenters. The zero-order chi connectivity index (χ0) is 8.67. The molecule has 1 heterocycles. The Kier molecular flexibility index (Phi) is 1.66. The Balaban J connectivity index is 2.01. The van der Waals surface area contributed by atoms with Crippen LogP contribution in [0.2, 0.25) is 0 Å². The molecule has 1 aromatic rings. The second kappa shape index (κ2) is 2.85. The molecule has 0 N–H and O–H groups in total. The lowest BCUT2D eigenvalue weighted by Gasteiger charge is -2.25. The van der Waals surface area contributed by atoms with E-state index in [-0.39, 0.29) is 0 Å². The van der Waals surface area contributed by atoms with E-state index in [1.54, 1.807) is 11.1 Å². The van der Waals surface area contributed by atoms with E-state index >= 15 is 0 Å². The lowest BCUT2D eigenvalue weighted by Crippen LogP contribution is -2.22. The molecule has 1 aliphatic heterocycles. The van der Waals surface area contributed by atoms with Crippen molar-refractivity contribution in [3.8, 4) is 0 Å². The average molecular weight is 174 g/mol. The Morgan fingerprint density at radius 3 is 3.15 bits per heavy atom. The molecule has 3 rings (SSSR count). The fraction of sp³-hybridized carbons (Fsp3) is 0.500. The molecule has 0 radical (unpaired) electrons. The highest BCUT2D eigenvalue weighted by Gasteiger charge is 2.34. The van der Waals surface area contributed by atoms with Gasteiger partial charge < -0.3 is 4.74 Å². The quantitative estimate of drug-likeness (QED) is 0.586. The second-order valence-corrected chi connectivity index (χ2v) is 4.13. The van der Waals surface area contributed by atoms with Gasteiger partial charge in [0.25, 0.3) is 0 Å². The average Bonchev–Trinajstić information content (AvgIpc) is 2.56. The summed E-state index contributed by atoms with van der Waals surface area (Å²) in [6, 6.07) is 8.84. The number of hydrogen-bond acceptors (Lipinski definition) is 1. The monoisotopic (exact) mass is 174 g/mol. The summed E-state index contributed by atoms with van der Waals surface area (Å²) in [4.78, 5) is 0. The summed E-state index contributed by atoms with van der Waals surface area (Å²) in [5, 5.41) is 0. The number of rotatable bonds is 0. The van der Waals surface area contributed by atoms with Crippen molar-refractivity contribution < 1.29 is 4.74 Å². The molecule has 1 aromatic carbocycles. The van der Waals surface area contributed by atoms with Crippen molar-refractivity contribution in [3.63, 3.8) is 0 Å². The van der Waals surface area contributed by atoms with Gasteiger partial charge >= 0.3 is 0 Å². The van der Waals surface area contributed by atoms with Gasteiger partial charge in [0, 0.05) is 12.5 Å². The number of hydrogen-bond donors (Lipinski definition) is 0. The molecule has 0 saturated carbocycles. The molecule has 13 heavy (non-hydrogen) atoms. The Morgan fingerprint density at radius 2 is 2.15 bits per heavy atom. The maximum Gasteiger partial charge on any atom is 0.0537 e. The molecule has 1 aliphatic carbocycles. The van der Waals surface area contributed by atoms with Crippen LogP contribution in [0.15, 0.2) is 24.3 Å². The lowest BCUT2D eigenvalue weighted by molar-refractivity contribution is 0.0533. The molecule has 0 amide bonds. The van der Waals surface area contributed by atoms with Gasteiger partial charge in [-0.05, 0) is 29.9 Å². The molecule has 1 saturated heterocycles. The highest BCUT2D eigenvalue weighted by molar-refractivity contribution is 5.36. The van der Waals surface area contributed by atoms with Crippen LogP contribution >= 0.6 is 0 Å². The maximum absolute atomic E-state index is 5.54. The smallest absolute Gasteiger partial charge is 0.0537 e. The summed E-state index contributed by atoms with van der Waals surface area (Å²) in [6.07, 6.45) is 2.53. The summed E-state index contributed by atoms with van der Waals surface area (Å²) < 4.78 is 5.54. The first-order chi connectivity index (χ1) is 6.45. The molecular formula is C12H14O. The van der Waals surface area contributed by atoms with Crippen molar-refractivity contribution in [3.05, 3.63) is 35.4 Å². The molecule has 0 spiro atoms. The van der Waals surface area contributed by atoms with Crippen molar-refractivity contribution in [1.82, 2.24) is 0 Å². The van der Waals surface area contributed by atoms with Crippen LogP contribution in [0.3, 0.4) is 0 Å². The Labute approximate surface area is 78.7 Å². The predicted molar refractivity (Wildman–Crippen MR) is 51.8 cm³/mol. The Bertz CT molecular complexity index is 319. The lowest BCUT2D eigenvalue weighted by atomic mass is 9.89. The first-order valence-corrected chi connectivity index (χ1v) is 5.11. The molecule has 1 fully saturated rings. The van der Waals surface area contributed by atoms with E-state index in [2.05, 4.69) is 24.3 Å². The van der Waals surface area contributed by atoms with Gasteiger partial charge in [-0.3, -0.25) is 0 Å².